The van der Waals surface area contributed by atoms with Crippen LogP contribution in [-0.4, -0.2) is 62.0 Å². The van der Waals surface area contributed by atoms with E-state index in [1.54, 1.807) is 12.5 Å². The molecule has 3 aliphatic rings. The number of anilines is 5. The van der Waals surface area contributed by atoms with Gasteiger partial charge < -0.3 is 39.2 Å². The highest BCUT2D eigenvalue weighted by atomic mass is 35.5. The lowest BCUT2D eigenvalue weighted by atomic mass is 9.78. The van der Waals surface area contributed by atoms with E-state index in [9.17, 15) is 0 Å². The first-order valence-corrected chi connectivity index (χ1v) is 34.0. The largest absolute Gasteiger partial charge is 0.486 e. The van der Waals surface area contributed by atoms with Gasteiger partial charge in [-0.15, -0.1) is 0 Å². The number of benzene rings is 8. The van der Waals surface area contributed by atoms with Crippen LogP contribution in [-0.2, 0) is 32.5 Å². The van der Waals surface area contributed by atoms with E-state index < -0.39 is 0 Å². The lowest BCUT2D eigenvalue weighted by molar-refractivity contribution is 0.254. The highest BCUT2D eigenvalue weighted by Gasteiger charge is 2.31. The second-order valence-corrected chi connectivity index (χ2v) is 26.9. The quantitative estimate of drug-likeness (QED) is 0.0744. The lowest BCUT2D eigenvalue weighted by Gasteiger charge is -2.29. The van der Waals surface area contributed by atoms with Crippen LogP contribution in [0.2, 0.25) is 10.0 Å². The third kappa shape index (κ3) is 15.8. The van der Waals surface area contributed by atoms with Crippen molar-refractivity contribution in [1.82, 2.24) is 34.8 Å². The maximum Gasteiger partial charge on any atom is 0.227 e. The average molecular weight is 1350 g/mol. The fourth-order valence-electron chi connectivity index (χ4n) is 13.4. The molecule has 5 aromatic heterocycles. The van der Waals surface area contributed by atoms with E-state index in [-0.39, 0.29) is 17.3 Å². The van der Waals surface area contributed by atoms with Crippen molar-refractivity contribution in [3.05, 3.63) is 327 Å². The summed E-state index contributed by atoms with van der Waals surface area (Å²) in [5, 5.41) is 11.6. The molecule has 99 heavy (non-hydrogen) atoms. The minimum atomic E-state index is 0.125. The number of halogens is 2. The molecule has 0 spiro atoms. The Balaban J connectivity index is 0.000000127. The Morgan fingerprint density at radius 3 is 1.20 bits per heavy atom. The molecule has 5 heterocycles. The van der Waals surface area contributed by atoms with Crippen molar-refractivity contribution in [3.63, 3.8) is 0 Å². The molecule has 0 aliphatic heterocycles. The zero-order valence-corrected chi connectivity index (χ0v) is 57.0. The highest BCUT2D eigenvalue weighted by molar-refractivity contribution is 6.30. The molecule has 3 atom stereocenters. The van der Waals surface area contributed by atoms with E-state index in [1.807, 2.05) is 116 Å². The standard InChI is InChI=1S/C29H22ClN3O2.C29H23N3O2.C25H29ClN4/c30-21-9-7-19(8-10-21)27-16-20-17-31-29(33-28(20)26-6-2-1-5-25(26)27)32-22-11-13-23(14-12-22)35-18-24-4-3-15-34-24;1-2-7-20(8-3-1)27-17-21-18-30-29(32-28(21)26-11-5-4-10-25(26)27)31-22-12-14-23(15-13-22)34-19-24-9-6-16-33-24;1-25(2,16-30(3)4)15-28-24-27-14-18-13-22(17-9-11-19(26)12-10-17)20-7-5-6-8-21(20)23(18)29-24/h1-15,17,27H,16,18H2,(H,31,32,33);1-16,18,27H,17,19H2,(H,30,31,32);5-12,14,22H,13,15-16H2,1-4H3,(H,27,28,29). The fraction of sp³-hybridized carbons (Fsp3) is 0.181. The van der Waals surface area contributed by atoms with E-state index in [4.69, 9.17) is 56.5 Å². The summed E-state index contributed by atoms with van der Waals surface area (Å²) in [5.74, 6) is 5.78. The predicted molar refractivity (Wildman–Crippen MR) is 395 cm³/mol. The van der Waals surface area contributed by atoms with Crippen LogP contribution >= 0.6 is 23.2 Å². The van der Waals surface area contributed by atoms with Crippen LogP contribution < -0.4 is 25.4 Å². The molecule has 0 saturated carbocycles. The Bertz CT molecular complexity index is 4840. The van der Waals surface area contributed by atoms with Gasteiger partial charge in [0.15, 0.2) is 0 Å². The number of furan rings is 2. The molecule has 16 heteroatoms. The van der Waals surface area contributed by atoms with Crippen LogP contribution in [0.25, 0.3) is 33.8 Å². The molecule has 3 N–H and O–H groups in total. The van der Waals surface area contributed by atoms with E-state index in [2.05, 4.69) is 191 Å². The number of rotatable bonds is 18. The van der Waals surface area contributed by atoms with Crippen molar-refractivity contribution in [2.45, 2.75) is 64.1 Å². The minimum absolute atomic E-state index is 0.125. The summed E-state index contributed by atoms with van der Waals surface area (Å²) >= 11 is 12.2. The summed E-state index contributed by atoms with van der Waals surface area (Å²) in [4.78, 5) is 30.8. The van der Waals surface area contributed by atoms with Gasteiger partial charge in [0.2, 0.25) is 17.8 Å². The number of hydrogen-bond acceptors (Lipinski definition) is 14. The van der Waals surface area contributed by atoms with Gasteiger partial charge in [0.25, 0.3) is 0 Å². The van der Waals surface area contributed by atoms with Crippen LogP contribution in [0.3, 0.4) is 0 Å². The molecular formula is C83H74Cl2N10O4. The first-order chi connectivity index (χ1) is 48.4. The molecule has 0 amide bonds. The summed E-state index contributed by atoms with van der Waals surface area (Å²) in [6, 6.07) is 75.5. The number of fused-ring (bicyclic) bond motifs is 9. The van der Waals surface area contributed by atoms with E-state index >= 15 is 0 Å². The van der Waals surface area contributed by atoms with E-state index in [1.165, 1.54) is 55.6 Å². The minimum Gasteiger partial charge on any atom is -0.486 e. The molecule has 8 aromatic carbocycles. The summed E-state index contributed by atoms with van der Waals surface area (Å²) in [7, 11) is 4.20. The van der Waals surface area contributed by atoms with Gasteiger partial charge in [0, 0.05) is 87.5 Å². The Labute approximate surface area is 587 Å². The Morgan fingerprint density at radius 2 is 0.808 bits per heavy atom. The van der Waals surface area contributed by atoms with Gasteiger partial charge in [-0.05, 0) is 186 Å². The molecule has 0 saturated heterocycles. The zero-order chi connectivity index (χ0) is 67.7. The number of nitrogens with one attached hydrogen (secondary N) is 3. The SMILES string of the molecule is CN(C)CC(C)(C)CNc1ncc2c(n1)-c1ccccc1C(c1ccc(Cl)cc1)C2.Clc1ccc(C2Cc3cnc(Nc4ccc(OCc5ccco5)cc4)nc3-c3ccccc32)cc1.c1ccc(C2Cc3cnc(Nc4ccc(OCc5ccco5)cc4)nc3-c3ccccc32)cc1. The molecule has 16 rings (SSSR count). The highest BCUT2D eigenvalue weighted by Crippen LogP contribution is 2.45. The Hall–Kier alpha value is -10.9. The summed E-state index contributed by atoms with van der Waals surface area (Å²) in [6.07, 6.45) is 11.8. The van der Waals surface area contributed by atoms with Crippen LogP contribution in [0, 0.1) is 5.41 Å². The van der Waals surface area contributed by atoms with E-state index in [0.717, 1.165) is 105 Å². The van der Waals surface area contributed by atoms with Crippen molar-refractivity contribution in [2.75, 3.05) is 43.1 Å². The number of hydrogen-bond donors (Lipinski definition) is 3. The maximum absolute atomic E-state index is 6.12. The first-order valence-electron chi connectivity index (χ1n) is 33.2. The third-order valence-electron chi connectivity index (χ3n) is 18.0. The topological polar surface area (TPSA) is 161 Å². The molecule has 3 aliphatic carbocycles. The maximum atomic E-state index is 6.12. The Kier molecular flexibility index (Phi) is 19.7. The molecule has 14 nitrogen and oxygen atoms in total. The van der Waals surface area contributed by atoms with Crippen LogP contribution in [0.1, 0.15) is 93.2 Å². The fourth-order valence-corrected chi connectivity index (χ4v) is 13.7. The number of ether oxygens (including phenoxy) is 2. The summed E-state index contributed by atoms with van der Waals surface area (Å²) in [6.45, 7) is 7.12. The van der Waals surface area contributed by atoms with Crippen molar-refractivity contribution in [2.24, 2.45) is 5.41 Å². The molecular weight excluding hydrogens is 1270 g/mol. The van der Waals surface area contributed by atoms with Gasteiger partial charge in [-0.25, -0.2) is 29.9 Å². The van der Waals surface area contributed by atoms with Crippen molar-refractivity contribution in [3.8, 4) is 45.3 Å². The van der Waals surface area contributed by atoms with Gasteiger partial charge >= 0.3 is 0 Å². The smallest absolute Gasteiger partial charge is 0.227 e. The summed E-state index contributed by atoms with van der Waals surface area (Å²) in [5.41, 5.74) is 19.6. The van der Waals surface area contributed by atoms with Crippen LogP contribution in [0.15, 0.2) is 264 Å². The van der Waals surface area contributed by atoms with Crippen LogP contribution in [0.5, 0.6) is 11.5 Å². The monoisotopic (exact) mass is 1340 g/mol. The van der Waals surface area contributed by atoms with Gasteiger partial charge in [-0.1, -0.05) is 164 Å². The average Bonchev–Trinajstić information content (AvgIpc) is 0.889. The first kappa shape index (κ1) is 65.4. The normalized spacial score (nSPS) is 14.6. The second-order valence-electron chi connectivity index (χ2n) is 26.0. The molecule has 3 unspecified atom stereocenters. The molecule has 0 fully saturated rings. The number of nitrogens with zero attached hydrogens (tertiary/aromatic N) is 7. The molecule has 0 radical (unpaired) electrons. The molecule has 0 bridgehead atoms. The summed E-state index contributed by atoms with van der Waals surface area (Å²) < 4.78 is 22.1. The molecule has 13 aromatic rings. The van der Waals surface area contributed by atoms with Gasteiger partial charge in [-0.3, -0.25) is 0 Å². The predicted octanol–water partition coefficient (Wildman–Crippen LogP) is 19.6. The van der Waals surface area contributed by atoms with Gasteiger partial charge in [-0.2, -0.15) is 0 Å². The van der Waals surface area contributed by atoms with Gasteiger partial charge in [0.05, 0.1) is 29.6 Å². The third-order valence-corrected chi connectivity index (χ3v) is 18.5. The van der Waals surface area contributed by atoms with Crippen molar-refractivity contribution < 1.29 is 18.3 Å². The zero-order valence-electron chi connectivity index (χ0n) is 55.4. The van der Waals surface area contributed by atoms with E-state index in [0.29, 0.717) is 37.0 Å². The van der Waals surface area contributed by atoms with Crippen LogP contribution in [0.4, 0.5) is 29.2 Å². The Morgan fingerprint density at radius 1 is 0.434 bits per heavy atom. The molecule has 494 valence electrons. The van der Waals surface area contributed by atoms with Gasteiger partial charge in [0.1, 0.15) is 36.2 Å². The van der Waals surface area contributed by atoms with Crippen molar-refractivity contribution >= 4 is 52.4 Å². The lowest BCUT2D eigenvalue weighted by Crippen LogP contribution is -2.34. The number of aromatic nitrogens is 6. The van der Waals surface area contributed by atoms with Crippen molar-refractivity contribution in [1.29, 1.82) is 0 Å². The second kappa shape index (κ2) is 29.8.